The van der Waals surface area contributed by atoms with Crippen LogP contribution >= 0.6 is 11.3 Å². The summed E-state index contributed by atoms with van der Waals surface area (Å²) in [6.07, 6.45) is 2.90. The fourth-order valence-electron chi connectivity index (χ4n) is 1.92. The average Bonchev–Trinajstić information content (AvgIpc) is 2.82. The van der Waals surface area contributed by atoms with Crippen molar-refractivity contribution in [3.63, 3.8) is 0 Å². The van der Waals surface area contributed by atoms with Crippen LogP contribution in [0.2, 0.25) is 0 Å². The van der Waals surface area contributed by atoms with Crippen molar-refractivity contribution >= 4 is 17.3 Å². The number of hydrogen-bond acceptors (Lipinski definition) is 5. The van der Waals surface area contributed by atoms with E-state index in [2.05, 4.69) is 28.7 Å². The molecule has 15 heavy (non-hydrogen) atoms. The van der Waals surface area contributed by atoms with Crippen LogP contribution in [-0.4, -0.2) is 28.9 Å². The Morgan fingerprint density at radius 3 is 3.07 bits per heavy atom. The lowest BCUT2D eigenvalue weighted by Crippen LogP contribution is -2.47. The van der Waals surface area contributed by atoms with Crippen LogP contribution in [0.15, 0.2) is 16.6 Å². The lowest BCUT2D eigenvalue weighted by atomic mass is 10.0. The molecule has 0 amide bonds. The summed E-state index contributed by atoms with van der Waals surface area (Å²) in [6, 6.07) is 0. The molecule has 0 radical (unpaired) electrons. The fraction of sp³-hybridized carbons (Fsp3) is 0.600. The Bertz CT molecular complexity index is 360. The first-order chi connectivity index (χ1) is 7.18. The normalized spacial score (nSPS) is 25.7. The van der Waals surface area contributed by atoms with Crippen LogP contribution in [0.1, 0.15) is 25.3 Å². The minimum atomic E-state index is -0.131. The van der Waals surface area contributed by atoms with Gasteiger partial charge in [-0.3, -0.25) is 4.99 Å². The number of thiazole rings is 1. The number of rotatable bonds is 3. The predicted octanol–water partition coefficient (Wildman–Crippen LogP) is 1.40. The molecule has 1 aliphatic heterocycles. The standard InChI is InChI=1S/C10H16N4S/c1-3-5-14-9(11)13-7-10(14,2)8-12-4-6-15-8/h4,6H,3,5,7H2,1-2H3,(H2,11,13). The molecule has 5 heteroatoms. The van der Waals surface area contributed by atoms with Crippen LogP contribution in [0.3, 0.4) is 0 Å². The fourth-order valence-corrected chi connectivity index (χ4v) is 2.72. The van der Waals surface area contributed by atoms with Gasteiger partial charge in [-0.25, -0.2) is 4.98 Å². The molecule has 1 unspecified atom stereocenters. The summed E-state index contributed by atoms with van der Waals surface area (Å²) < 4.78 is 0. The van der Waals surface area contributed by atoms with E-state index < -0.39 is 0 Å². The lowest BCUT2D eigenvalue weighted by molar-refractivity contribution is 0.224. The maximum absolute atomic E-state index is 5.90. The van der Waals surface area contributed by atoms with Crippen molar-refractivity contribution in [2.24, 2.45) is 10.7 Å². The van der Waals surface area contributed by atoms with Gasteiger partial charge >= 0.3 is 0 Å². The number of nitrogens with two attached hydrogens (primary N) is 1. The Balaban J connectivity index is 2.29. The van der Waals surface area contributed by atoms with E-state index >= 15 is 0 Å². The van der Waals surface area contributed by atoms with Crippen molar-refractivity contribution in [3.05, 3.63) is 16.6 Å². The van der Waals surface area contributed by atoms with E-state index in [0.717, 1.165) is 18.0 Å². The third kappa shape index (κ3) is 1.61. The second-order valence-electron chi connectivity index (χ2n) is 3.94. The van der Waals surface area contributed by atoms with Gasteiger partial charge in [0.15, 0.2) is 5.96 Å². The van der Waals surface area contributed by atoms with E-state index in [4.69, 9.17) is 5.73 Å². The van der Waals surface area contributed by atoms with Crippen molar-refractivity contribution in [2.75, 3.05) is 13.1 Å². The summed E-state index contributed by atoms with van der Waals surface area (Å²) in [7, 11) is 0. The number of aliphatic imine (C=N–C) groups is 1. The Labute approximate surface area is 93.8 Å². The van der Waals surface area contributed by atoms with Gasteiger partial charge in [-0.05, 0) is 13.3 Å². The van der Waals surface area contributed by atoms with Gasteiger partial charge in [-0.2, -0.15) is 0 Å². The van der Waals surface area contributed by atoms with Crippen molar-refractivity contribution in [2.45, 2.75) is 25.8 Å². The Kier molecular flexibility index (Phi) is 2.65. The molecular weight excluding hydrogens is 208 g/mol. The van der Waals surface area contributed by atoms with E-state index in [0.29, 0.717) is 12.5 Å². The van der Waals surface area contributed by atoms with E-state index in [1.807, 2.05) is 11.6 Å². The first kappa shape index (κ1) is 10.4. The number of aromatic nitrogens is 1. The molecule has 1 atom stereocenters. The zero-order valence-corrected chi connectivity index (χ0v) is 9.92. The molecule has 1 aromatic heterocycles. The Morgan fingerprint density at radius 1 is 1.67 bits per heavy atom. The van der Waals surface area contributed by atoms with Gasteiger partial charge in [0, 0.05) is 18.1 Å². The second-order valence-corrected chi connectivity index (χ2v) is 4.83. The molecule has 0 spiro atoms. The van der Waals surface area contributed by atoms with E-state index in [1.54, 1.807) is 11.3 Å². The topological polar surface area (TPSA) is 54.5 Å². The minimum absolute atomic E-state index is 0.131. The van der Waals surface area contributed by atoms with Gasteiger partial charge in [0.1, 0.15) is 10.5 Å². The zero-order chi connectivity index (χ0) is 10.9. The van der Waals surface area contributed by atoms with Gasteiger partial charge in [0.2, 0.25) is 0 Å². The molecule has 1 aliphatic rings. The highest BCUT2D eigenvalue weighted by Gasteiger charge is 2.40. The van der Waals surface area contributed by atoms with Crippen LogP contribution in [0.5, 0.6) is 0 Å². The van der Waals surface area contributed by atoms with Gasteiger partial charge in [-0.1, -0.05) is 6.92 Å². The summed E-state index contributed by atoms with van der Waals surface area (Å²) in [5, 5.41) is 3.10. The van der Waals surface area contributed by atoms with Crippen LogP contribution < -0.4 is 5.73 Å². The van der Waals surface area contributed by atoms with Crippen molar-refractivity contribution in [3.8, 4) is 0 Å². The summed E-state index contributed by atoms with van der Waals surface area (Å²) in [6.45, 7) is 5.95. The molecule has 0 bridgehead atoms. The summed E-state index contributed by atoms with van der Waals surface area (Å²) in [5.41, 5.74) is 5.77. The van der Waals surface area contributed by atoms with Gasteiger partial charge in [0.05, 0.1) is 6.54 Å². The second kappa shape index (κ2) is 3.81. The van der Waals surface area contributed by atoms with Gasteiger partial charge in [-0.15, -0.1) is 11.3 Å². The summed E-state index contributed by atoms with van der Waals surface area (Å²) >= 11 is 1.67. The summed E-state index contributed by atoms with van der Waals surface area (Å²) in [4.78, 5) is 10.9. The van der Waals surface area contributed by atoms with E-state index in [-0.39, 0.29) is 5.54 Å². The minimum Gasteiger partial charge on any atom is -0.370 e. The first-order valence-corrected chi connectivity index (χ1v) is 6.04. The quantitative estimate of drug-likeness (QED) is 0.844. The molecular formula is C10H16N4S. The maximum Gasteiger partial charge on any atom is 0.192 e. The molecule has 2 rings (SSSR count). The van der Waals surface area contributed by atoms with Crippen molar-refractivity contribution in [1.29, 1.82) is 0 Å². The van der Waals surface area contributed by atoms with E-state index in [9.17, 15) is 0 Å². The highest BCUT2D eigenvalue weighted by atomic mass is 32.1. The predicted molar refractivity (Wildman–Crippen MR) is 63.0 cm³/mol. The van der Waals surface area contributed by atoms with Crippen LogP contribution in [-0.2, 0) is 5.54 Å². The third-order valence-corrected chi connectivity index (χ3v) is 3.79. The number of hydrogen-bond donors (Lipinski definition) is 1. The Hall–Kier alpha value is -1.10. The number of guanidine groups is 1. The largest absolute Gasteiger partial charge is 0.370 e. The zero-order valence-electron chi connectivity index (χ0n) is 9.10. The molecule has 4 nitrogen and oxygen atoms in total. The van der Waals surface area contributed by atoms with Crippen LogP contribution in [0.4, 0.5) is 0 Å². The average molecular weight is 224 g/mol. The molecule has 0 fully saturated rings. The molecule has 0 aliphatic carbocycles. The van der Waals surface area contributed by atoms with Crippen molar-refractivity contribution < 1.29 is 0 Å². The van der Waals surface area contributed by atoms with Crippen LogP contribution in [0, 0.1) is 0 Å². The van der Waals surface area contributed by atoms with Crippen LogP contribution in [0.25, 0.3) is 0 Å². The smallest absolute Gasteiger partial charge is 0.192 e. The molecule has 82 valence electrons. The molecule has 2 heterocycles. The van der Waals surface area contributed by atoms with E-state index in [1.165, 1.54) is 0 Å². The number of nitrogens with zero attached hydrogens (tertiary/aromatic N) is 3. The van der Waals surface area contributed by atoms with Gasteiger partial charge < -0.3 is 10.6 Å². The highest BCUT2D eigenvalue weighted by Crippen LogP contribution is 2.33. The molecule has 0 aromatic carbocycles. The monoisotopic (exact) mass is 224 g/mol. The van der Waals surface area contributed by atoms with Crippen molar-refractivity contribution in [1.82, 2.24) is 9.88 Å². The maximum atomic E-state index is 5.90. The SMILES string of the molecule is CCCN1C(N)=NCC1(C)c1nccs1. The van der Waals surface area contributed by atoms with Gasteiger partial charge in [0.25, 0.3) is 0 Å². The molecule has 2 N–H and O–H groups in total. The lowest BCUT2D eigenvalue weighted by Gasteiger charge is -2.34. The Morgan fingerprint density at radius 2 is 2.47 bits per heavy atom. The molecule has 0 saturated carbocycles. The summed E-state index contributed by atoms with van der Waals surface area (Å²) in [5.74, 6) is 0.648. The molecule has 1 aromatic rings. The highest BCUT2D eigenvalue weighted by molar-refractivity contribution is 7.09. The first-order valence-electron chi connectivity index (χ1n) is 5.16. The molecule has 0 saturated heterocycles. The third-order valence-electron chi connectivity index (χ3n) is 2.76.